The summed E-state index contributed by atoms with van der Waals surface area (Å²) >= 11 is 6.73. The summed E-state index contributed by atoms with van der Waals surface area (Å²) < 4.78 is 21.7. The highest BCUT2D eigenvalue weighted by atomic mass is 35.5. The fourth-order valence-electron chi connectivity index (χ4n) is 7.36. The molecule has 0 spiro atoms. The Morgan fingerprint density at radius 3 is 1.85 bits per heavy atom. The van der Waals surface area contributed by atoms with E-state index in [4.69, 9.17) is 36.0 Å². The van der Waals surface area contributed by atoms with Crippen molar-refractivity contribution in [2.24, 2.45) is 0 Å². The molecule has 4 aromatic carbocycles. The minimum atomic E-state index is -1.26. The number of carbonyl (C=O) groups is 4. The van der Waals surface area contributed by atoms with Crippen LogP contribution in [0.5, 0.6) is 0 Å². The molecule has 1 aliphatic heterocycles. The third kappa shape index (κ3) is 7.30. The first-order valence-corrected chi connectivity index (χ1v) is 19.2. The maximum Gasteiger partial charge on any atom is 0.356 e. The highest BCUT2D eigenvalue weighted by molar-refractivity contribution is 6.31. The number of nitrogen functional groups attached to an aromatic ring is 1. The summed E-state index contributed by atoms with van der Waals surface area (Å²) in [5.74, 6) is -3.20. The van der Waals surface area contributed by atoms with Gasteiger partial charge in [0.15, 0.2) is 0 Å². The Hall–Kier alpha value is -8.04. The number of aromatic nitrogens is 2. The van der Waals surface area contributed by atoms with Crippen LogP contribution in [-0.4, -0.2) is 60.3 Å². The van der Waals surface area contributed by atoms with Gasteiger partial charge in [0.25, 0.3) is 0 Å². The summed E-state index contributed by atoms with van der Waals surface area (Å²) in [5, 5.41) is 18.4. The molecular formula is C46H34ClN5O10. The number of benzene rings is 5. The Balaban J connectivity index is 1.36. The summed E-state index contributed by atoms with van der Waals surface area (Å²) in [4.78, 5) is 73.8. The third-order valence-electron chi connectivity index (χ3n) is 10.4. The van der Waals surface area contributed by atoms with Gasteiger partial charge < -0.3 is 40.1 Å². The van der Waals surface area contributed by atoms with Gasteiger partial charge in [0.2, 0.25) is 5.43 Å². The third-order valence-corrected chi connectivity index (χ3v) is 10.7. The molecule has 0 fully saturated rings. The second-order valence-electron chi connectivity index (χ2n) is 13.9. The van der Waals surface area contributed by atoms with E-state index in [1.54, 1.807) is 54.6 Å². The largest absolute Gasteiger partial charge is 0.478 e. The number of nitrogens with two attached hydrogens (primary N) is 1. The van der Waals surface area contributed by atoms with Gasteiger partial charge in [-0.3, -0.25) is 4.79 Å². The van der Waals surface area contributed by atoms with Crippen LogP contribution in [0.3, 0.4) is 0 Å². The maximum absolute atomic E-state index is 14.1. The Morgan fingerprint density at radius 2 is 1.29 bits per heavy atom. The van der Waals surface area contributed by atoms with Gasteiger partial charge in [-0.2, -0.15) is 0 Å². The maximum atomic E-state index is 14.1. The first-order chi connectivity index (χ1) is 29.9. The van der Waals surface area contributed by atoms with Gasteiger partial charge in [-0.25, -0.2) is 29.1 Å². The van der Waals surface area contributed by atoms with Gasteiger partial charge in [0.05, 0.1) is 65.5 Å². The number of hydrogen-bond donors (Lipinski definition) is 4. The molecule has 0 atom stereocenters. The molecule has 6 aromatic rings. The van der Waals surface area contributed by atoms with Crippen LogP contribution in [0, 0.1) is 0 Å². The number of ether oxygens (including phenoxy) is 3. The molecule has 15 nitrogen and oxygen atoms in total. The number of carboxylic acid groups (broad SMARTS) is 1. The Bertz CT molecular complexity index is 3200. The van der Waals surface area contributed by atoms with E-state index in [1.165, 1.54) is 45.6 Å². The summed E-state index contributed by atoms with van der Waals surface area (Å²) in [5.41, 5.74) is 9.81. The summed E-state index contributed by atoms with van der Waals surface area (Å²) in [6, 6.07) is 26.0. The Kier molecular flexibility index (Phi) is 10.9. The second-order valence-corrected chi connectivity index (χ2v) is 14.3. The molecule has 0 unspecified atom stereocenters. The smallest absolute Gasteiger partial charge is 0.356 e. The predicted molar refractivity (Wildman–Crippen MR) is 233 cm³/mol. The van der Waals surface area contributed by atoms with Gasteiger partial charge in [0.1, 0.15) is 22.7 Å². The lowest BCUT2D eigenvalue weighted by molar-refractivity contribution is 0.0586. The van der Waals surface area contributed by atoms with Crippen LogP contribution >= 0.6 is 11.6 Å². The number of pyridine rings is 2. The van der Waals surface area contributed by atoms with Crippen LogP contribution in [0.15, 0.2) is 106 Å². The van der Waals surface area contributed by atoms with Crippen LogP contribution in [0.4, 0.5) is 17.1 Å². The highest BCUT2D eigenvalue weighted by Crippen LogP contribution is 2.46. The van der Waals surface area contributed by atoms with Crippen LogP contribution in [0.25, 0.3) is 55.2 Å². The van der Waals surface area contributed by atoms with Crippen molar-refractivity contribution in [1.82, 2.24) is 9.97 Å². The molecule has 0 radical (unpaired) electrons. The number of carbonyl (C=O) groups excluding carboxylic acids is 3. The van der Waals surface area contributed by atoms with Crippen LogP contribution in [-0.2, 0) is 27.3 Å². The number of nitrogens with one attached hydrogen (secondary N) is 2. The number of esters is 3. The quantitative estimate of drug-likeness (QED) is 0.0417. The molecule has 0 amide bonds. The zero-order valence-electron chi connectivity index (χ0n) is 33.1. The van der Waals surface area contributed by atoms with Crippen molar-refractivity contribution in [2.45, 2.75) is 13.1 Å². The number of para-hydroxylation sites is 2. The average molecular weight is 852 g/mol. The minimum absolute atomic E-state index is 0.0233. The molecule has 1 aliphatic carbocycles. The van der Waals surface area contributed by atoms with E-state index in [9.17, 15) is 29.1 Å². The van der Waals surface area contributed by atoms with Crippen molar-refractivity contribution in [3.63, 3.8) is 0 Å². The molecule has 5 N–H and O–H groups in total. The first-order valence-electron chi connectivity index (χ1n) is 18.8. The van der Waals surface area contributed by atoms with Crippen LogP contribution in [0.2, 0.25) is 5.02 Å². The van der Waals surface area contributed by atoms with Gasteiger partial charge in [-0.15, -0.1) is 0 Å². The molecule has 0 bridgehead atoms. The Labute approximate surface area is 356 Å². The standard InChI is InChI=1S/C46H34ClN5O10/c1-59-44(56)25-13-10-24(43(54)55)18-27(25)37-26-14-15-32(48)29(20-49-33-8-4-6-22-11-16-35(45(57)60-2)51-38(22)33)41(26)62-42-28(37)19-31(47)40(53)30(42)21-50-34-9-5-7-23-12-17-36(46(58)61-3)52-39(23)34/h4-19,49-50H,20-21,48H2,1-3H3,(H,54,55). The van der Waals surface area contributed by atoms with Gasteiger partial charge in [-0.05, 0) is 66.2 Å². The Morgan fingerprint density at radius 1 is 0.710 bits per heavy atom. The molecule has 2 aliphatic rings. The number of carboxylic acids is 1. The van der Waals surface area contributed by atoms with E-state index in [0.717, 1.165) is 5.39 Å². The number of aromatic carboxylic acids is 1. The molecule has 2 aromatic heterocycles. The first kappa shape index (κ1) is 40.7. The summed E-state index contributed by atoms with van der Waals surface area (Å²) in [7, 11) is 3.72. The molecule has 8 rings (SSSR count). The lowest BCUT2D eigenvalue weighted by Gasteiger charge is -2.22. The molecule has 16 heteroatoms. The number of hydrogen-bond acceptors (Lipinski definition) is 14. The average Bonchev–Trinajstić information content (AvgIpc) is 3.29. The van der Waals surface area contributed by atoms with E-state index < -0.39 is 29.3 Å². The van der Waals surface area contributed by atoms with E-state index >= 15 is 0 Å². The SMILES string of the molecule is COC(=O)c1ccc2cccc(NCc3c4oc5c(CNc6cccc7ccc(C(=O)OC)nc67)c(N)ccc5c(-c5cc(C(=O)O)ccc5C(=O)OC)c-4cc(Cl)c3=O)c2n1. The van der Waals surface area contributed by atoms with Gasteiger partial charge >= 0.3 is 23.9 Å². The molecule has 0 saturated heterocycles. The summed E-state index contributed by atoms with van der Waals surface area (Å²) in [6.07, 6.45) is 0. The molecule has 310 valence electrons. The van der Waals surface area contributed by atoms with Crippen molar-refractivity contribution in [1.29, 1.82) is 0 Å². The monoisotopic (exact) mass is 851 g/mol. The molecule has 0 saturated carbocycles. The van der Waals surface area contributed by atoms with E-state index in [2.05, 4.69) is 20.6 Å². The van der Waals surface area contributed by atoms with E-state index in [0.29, 0.717) is 44.3 Å². The fraction of sp³-hybridized carbons (Fsp3) is 0.109. The number of nitrogens with zero attached hydrogens (tertiary/aromatic N) is 2. The number of methoxy groups -OCH3 is 3. The molecule has 3 heterocycles. The van der Waals surface area contributed by atoms with Crippen molar-refractivity contribution >= 4 is 85.3 Å². The van der Waals surface area contributed by atoms with Gasteiger partial charge in [0, 0.05) is 51.6 Å². The van der Waals surface area contributed by atoms with Crippen molar-refractivity contribution < 1.29 is 42.9 Å². The zero-order valence-corrected chi connectivity index (χ0v) is 33.9. The number of fused-ring (bicyclic) bond motifs is 4. The number of anilines is 3. The highest BCUT2D eigenvalue weighted by Gasteiger charge is 2.29. The summed E-state index contributed by atoms with van der Waals surface area (Å²) in [6.45, 7) is -0.151. The molecular weight excluding hydrogens is 818 g/mol. The van der Waals surface area contributed by atoms with Crippen molar-refractivity contribution in [2.75, 3.05) is 37.7 Å². The number of rotatable bonds is 11. The van der Waals surface area contributed by atoms with Crippen molar-refractivity contribution in [3.05, 3.63) is 146 Å². The normalized spacial score (nSPS) is 11.2. The fourth-order valence-corrected chi connectivity index (χ4v) is 7.59. The van der Waals surface area contributed by atoms with E-state index in [1.807, 2.05) is 18.2 Å². The topological polar surface area (TPSA) is 222 Å². The lowest BCUT2D eigenvalue weighted by Crippen LogP contribution is -2.17. The molecule has 62 heavy (non-hydrogen) atoms. The van der Waals surface area contributed by atoms with Crippen LogP contribution in [0.1, 0.15) is 52.8 Å². The lowest BCUT2D eigenvalue weighted by atomic mass is 9.87. The van der Waals surface area contributed by atoms with Crippen molar-refractivity contribution in [3.8, 4) is 22.5 Å². The van der Waals surface area contributed by atoms with Crippen LogP contribution < -0.4 is 21.8 Å². The van der Waals surface area contributed by atoms with Gasteiger partial charge in [-0.1, -0.05) is 48.0 Å². The zero-order chi connectivity index (χ0) is 43.8. The predicted octanol–water partition coefficient (Wildman–Crippen LogP) is 8.18. The number of halogens is 1. The second kappa shape index (κ2) is 16.5. The van der Waals surface area contributed by atoms with E-state index in [-0.39, 0.29) is 74.3 Å². The minimum Gasteiger partial charge on any atom is -0.478 e.